The molecule has 2 atom stereocenters. The van der Waals surface area contributed by atoms with Crippen molar-refractivity contribution in [3.8, 4) is 5.75 Å². The van der Waals surface area contributed by atoms with Crippen LogP contribution in [0.25, 0.3) is 11.0 Å². The summed E-state index contributed by atoms with van der Waals surface area (Å²) in [6, 6.07) is 10.6. The summed E-state index contributed by atoms with van der Waals surface area (Å²) in [6.45, 7) is 4.92. The van der Waals surface area contributed by atoms with E-state index in [2.05, 4.69) is 11.0 Å². The molecule has 28 heavy (non-hydrogen) atoms. The molecule has 0 saturated carbocycles. The van der Waals surface area contributed by atoms with Crippen molar-refractivity contribution < 1.29 is 9.52 Å². The quantitative estimate of drug-likeness (QED) is 0.694. The number of hydrogen-bond acceptors (Lipinski definition) is 5. The van der Waals surface area contributed by atoms with Crippen LogP contribution in [0, 0.1) is 12.8 Å². The van der Waals surface area contributed by atoms with Crippen LogP contribution in [0.3, 0.4) is 0 Å². The summed E-state index contributed by atoms with van der Waals surface area (Å²) in [5.74, 6) is 0.893. The average molecular weight is 378 g/mol. The topological polar surface area (TPSA) is 75.7 Å². The Kier molecular flexibility index (Phi) is 3.91. The zero-order valence-electron chi connectivity index (χ0n) is 15.7. The molecule has 1 aromatic carbocycles. The smallest absolute Gasteiger partial charge is 0.336 e. The molecule has 0 spiro atoms. The minimum absolute atomic E-state index is 0.0857. The van der Waals surface area contributed by atoms with E-state index in [1.54, 1.807) is 25.1 Å². The number of aromatic nitrogens is 1. The van der Waals surface area contributed by atoms with Crippen molar-refractivity contribution >= 4 is 11.0 Å². The van der Waals surface area contributed by atoms with E-state index in [-0.39, 0.29) is 11.3 Å². The van der Waals surface area contributed by atoms with Gasteiger partial charge in [0.15, 0.2) is 0 Å². The third-order valence-corrected chi connectivity index (χ3v) is 6.17. The van der Waals surface area contributed by atoms with Gasteiger partial charge in [-0.25, -0.2) is 4.79 Å². The molecule has 6 nitrogen and oxygen atoms in total. The molecule has 2 aromatic heterocycles. The molecule has 2 bridgehead atoms. The van der Waals surface area contributed by atoms with Gasteiger partial charge >= 0.3 is 5.63 Å². The summed E-state index contributed by atoms with van der Waals surface area (Å²) < 4.78 is 7.29. The Morgan fingerprint density at radius 1 is 1.14 bits per heavy atom. The van der Waals surface area contributed by atoms with Crippen molar-refractivity contribution in [3.05, 3.63) is 74.0 Å². The Morgan fingerprint density at radius 3 is 2.86 bits per heavy atom. The summed E-state index contributed by atoms with van der Waals surface area (Å²) in [7, 11) is 0. The van der Waals surface area contributed by atoms with Gasteiger partial charge in [-0.15, -0.1) is 0 Å². The van der Waals surface area contributed by atoms with Gasteiger partial charge in [0, 0.05) is 60.9 Å². The van der Waals surface area contributed by atoms with E-state index in [1.165, 1.54) is 0 Å². The lowest BCUT2D eigenvalue weighted by Gasteiger charge is -2.42. The van der Waals surface area contributed by atoms with Crippen LogP contribution in [0.15, 0.2) is 50.4 Å². The molecule has 6 heteroatoms. The summed E-state index contributed by atoms with van der Waals surface area (Å²) >= 11 is 0. The molecular formula is C22H22N2O4. The van der Waals surface area contributed by atoms with Gasteiger partial charge < -0.3 is 14.1 Å². The SMILES string of the molecule is Cc1c(O)ccc2c(CN3C[C@H]4C[C@@H](C3)c3cccc(=O)n3C4)cc(=O)oc12. The highest BCUT2D eigenvalue weighted by Crippen LogP contribution is 2.36. The molecule has 5 rings (SSSR count). The summed E-state index contributed by atoms with van der Waals surface area (Å²) in [4.78, 5) is 26.7. The van der Waals surface area contributed by atoms with Gasteiger partial charge in [-0.2, -0.15) is 0 Å². The standard InChI is InChI=1S/C22H22N2O4/c1-13-19(25)6-5-17-15(8-21(27)28-22(13)17)11-23-9-14-7-16(12-23)18-3-2-4-20(26)24(18)10-14/h2-6,8,14,16,25H,7,9-12H2,1H3/t14-,16+/m1/s1. The number of nitrogens with zero attached hydrogens (tertiary/aromatic N) is 2. The van der Waals surface area contributed by atoms with Gasteiger partial charge in [-0.3, -0.25) is 9.69 Å². The number of likely N-dealkylation sites (tertiary alicyclic amines) is 1. The lowest BCUT2D eigenvalue weighted by Crippen LogP contribution is -2.46. The van der Waals surface area contributed by atoms with Crippen molar-refractivity contribution in [1.29, 1.82) is 0 Å². The first-order valence-corrected chi connectivity index (χ1v) is 9.67. The fourth-order valence-corrected chi connectivity index (χ4v) is 4.91. The second-order valence-corrected chi connectivity index (χ2v) is 8.07. The Balaban J connectivity index is 1.49. The van der Waals surface area contributed by atoms with Crippen LogP contribution in [-0.2, 0) is 13.1 Å². The Morgan fingerprint density at radius 2 is 2.00 bits per heavy atom. The van der Waals surface area contributed by atoms with Crippen LogP contribution in [0.2, 0.25) is 0 Å². The van der Waals surface area contributed by atoms with Gasteiger partial charge in [0.1, 0.15) is 11.3 Å². The molecule has 1 saturated heterocycles. The van der Waals surface area contributed by atoms with E-state index < -0.39 is 5.63 Å². The fraction of sp³-hybridized carbons (Fsp3) is 0.364. The Labute approximate surface area is 161 Å². The number of pyridine rings is 1. The van der Waals surface area contributed by atoms with Crippen LogP contribution in [0.4, 0.5) is 0 Å². The van der Waals surface area contributed by atoms with Crippen molar-refractivity contribution in [2.75, 3.05) is 13.1 Å². The molecule has 2 aliphatic heterocycles. The Bertz CT molecular complexity index is 1190. The normalized spacial score (nSPS) is 21.6. The molecule has 1 N–H and O–H groups in total. The third kappa shape index (κ3) is 2.76. The van der Waals surface area contributed by atoms with Crippen LogP contribution in [0.5, 0.6) is 5.75 Å². The second kappa shape index (κ2) is 6.34. The minimum atomic E-state index is -0.398. The van der Waals surface area contributed by atoms with Crippen molar-refractivity contribution in [2.45, 2.75) is 32.4 Å². The van der Waals surface area contributed by atoms with E-state index in [9.17, 15) is 14.7 Å². The number of aryl methyl sites for hydroxylation is 1. The molecule has 144 valence electrons. The molecule has 3 aromatic rings. The fourth-order valence-electron chi connectivity index (χ4n) is 4.91. The predicted molar refractivity (Wildman–Crippen MR) is 106 cm³/mol. The van der Waals surface area contributed by atoms with Crippen molar-refractivity contribution in [1.82, 2.24) is 9.47 Å². The number of piperidine rings is 1. The van der Waals surface area contributed by atoms with E-state index in [0.29, 0.717) is 29.5 Å². The van der Waals surface area contributed by atoms with Gasteiger partial charge in [-0.1, -0.05) is 6.07 Å². The lowest BCUT2D eigenvalue weighted by molar-refractivity contribution is 0.114. The van der Waals surface area contributed by atoms with Crippen LogP contribution in [0.1, 0.15) is 29.2 Å². The Hall–Kier alpha value is -2.86. The third-order valence-electron chi connectivity index (χ3n) is 6.17. The molecule has 0 amide bonds. The summed E-state index contributed by atoms with van der Waals surface area (Å²) in [5, 5.41) is 10.8. The lowest BCUT2D eigenvalue weighted by atomic mass is 9.83. The van der Waals surface area contributed by atoms with Gasteiger partial charge in [0.2, 0.25) is 0 Å². The van der Waals surface area contributed by atoms with E-state index in [1.807, 2.05) is 16.7 Å². The van der Waals surface area contributed by atoms with Crippen LogP contribution in [-0.4, -0.2) is 27.7 Å². The molecule has 2 aliphatic rings. The van der Waals surface area contributed by atoms with Crippen molar-refractivity contribution in [3.63, 3.8) is 0 Å². The zero-order chi connectivity index (χ0) is 19.4. The summed E-state index contributed by atoms with van der Waals surface area (Å²) in [6.07, 6.45) is 1.10. The number of aromatic hydroxyl groups is 1. The first-order chi connectivity index (χ1) is 13.5. The van der Waals surface area contributed by atoms with Gasteiger partial charge in [-0.05, 0) is 43.0 Å². The number of fused-ring (bicyclic) bond motifs is 5. The second-order valence-electron chi connectivity index (χ2n) is 8.07. The highest BCUT2D eigenvalue weighted by Gasteiger charge is 2.34. The van der Waals surface area contributed by atoms with Gasteiger partial charge in [0.05, 0.1) is 0 Å². The number of phenolic OH excluding ortho intramolecular Hbond substituents is 1. The first-order valence-electron chi connectivity index (χ1n) is 9.67. The number of benzene rings is 1. The molecule has 4 heterocycles. The predicted octanol–water partition coefficient (Wildman–Crippen LogP) is 2.59. The van der Waals surface area contributed by atoms with Gasteiger partial charge in [0.25, 0.3) is 5.56 Å². The van der Waals surface area contributed by atoms with Crippen molar-refractivity contribution in [2.24, 2.45) is 5.92 Å². The highest BCUT2D eigenvalue weighted by molar-refractivity contribution is 5.84. The minimum Gasteiger partial charge on any atom is -0.508 e. The largest absolute Gasteiger partial charge is 0.508 e. The van der Waals surface area contributed by atoms with Crippen LogP contribution < -0.4 is 11.2 Å². The number of hydrogen-bond donors (Lipinski definition) is 1. The molecule has 0 unspecified atom stereocenters. The number of rotatable bonds is 2. The zero-order valence-corrected chi connectivity index (χ0v) is 15.7. The first kappa shape index (κ1) is 17.3. The maximum Gasteiger partial charge on any atom is 0.336 e. The van der Waals surface area contributed by atoms with E-state index in [4.69, 9.17) is 4.42 Å². The number of phenols is 1. The monoisotopic (exact) mass is 378 g/mol. The van der Waals surface area contributed by atoms with E-state index >= 15 is 0 Å². The van der Waals surface area contributed by atoms with Crippen LogP contribution >= 0.6 is 0 Å². The maximum absolute atomic E-state index is 12.2. The molecule has 1 fully saturated rings. The molecule has 0 radical (unpaired) electrons. The maximum atomic E-state index is 12.2. The summed E-state index contributed by atoms with van der Waals surface area (Å²) in [5.41, 5.74) is 2.76. The highest BCUT2D eigenvalue weighted by atomic mass is 16.4. The molecular weight excluding hydrogens is 356 g/mol. The average Bonchev–Trinajstić information content (AvgIpc) is 2.66. The van der Waals surface area contributed by atoms with E-state index in [0.717, 1.165) is 42.7 Å². The molecule has 0 aliphatic carbocycles.